The van der Waals surface area contributed by atoms with Crippen molar-refractivity contribution in [1.82, 2.24) is 4.90 Å². The van der Waals surface area contributed by atoms with E-state index in [1.165, 1.54) is 9.79 Å². The minimum Gasteiger partial charge on any atom is -0.440 e. The second kappa shape index (κ2) is 9.27. The summed E-state index contributed by atoms with van der Waals surface area (Å²) < 4.78 is 6.08. The number of thioether (sulfide) groups is 2. The summed E-state index contributed by atoms with van der Waals surface area (Å²) in [6.45, 7) is 1.49. The number of hydrogen-bond acceptors (Lipinski definition) is 6. The fraction of sp³-hybridized carbons (Fsp3) is 0.240. The molecule has 0 bridgehead atoms. The fourth-order valence-electron chi connectivity index (χ4n) is 4.12. The molecule has 0 saturated heterocycles. The van der Waals surface area contributed by atoms with Gasteiger partial charge in [-0.05, 0) is 66.6 Å². The highest BCUT2D eigenvalue weighted by Gasteiger charge is 2.36. The Hall–Kier alpha value is -2.59. The molecule has 158 valence electrons. The van der Waals surface area contributed by atoms with Gasteiger partial charge >= 0.3 is 0 Å². The minimum atomic E-state index is -0.199. The van der Waals surface area contributed by atoms with E-state index in [0.717, 1.165) is 41.1 Å². The maximum atomic E-state index is 9.88. The van der Waals surface area contributed by atoms with Crippen molar-refractivity contribution in [3.8, 4) is 6.07 Å². The van der Waals surface area contributed by atoms with Crippen LogP contribution < -0.4 is 5.73 Å². The molecule has 0 aromatic heterocycles. The number of nitriles is 1. The molecule has 2 N–H and O–H groups in total. The molecule has 2 heterocycles. The first-order chi connectivity index (χ1) is 15.0. The van der Waals surface area contributed by atoms with Crippen LogP contribution in [0.3, 0.4) is 0 Å². The van der Waals surface area contributed by atoms with Gasteiger partial charge in [0.1, 0.15) is 17.4 Å². The predicted octanol–water partition coefficient (Wildman–Crippen LogP) is 5.22. The van der Waals surface area contributed by atoms with Crippen LogP contribution in [0.1, 0.15) is 17.0 Å². The monoisotopic (exact) mass is 447 g/mol. The normalized spacial score (nSPS) is 20.5. The number of ether oxygens (including phenoxy) is 1. The van der Waals surface area contributed by atoms with Gasteiger partial charge in [0.05, 0.1) is 5.92 Å². The van der Waals surface area contributed by atoms with Crippen molar-refractivity contribution in [1.29, 1.82) is 5.26 Å². The standard InChI is InChI=1S/C25H25N3OS2/c1-28-14-18(12-16-4-8-19(30-2)9-5-16)24-22(15-28)23(21(13-26)25(27)29-24)17-6-10-20(31-3)11-7-17/h4-12,23H,14-15,27H2,1-3H3/b18-12-/t23-/m0/s1. The van der Waals surface area contributed by atoms with E-state index in [1.807, 2.05) is 0 Å². The maximum Gasteiger partial charge on any atom is 0.205 e. The van der Waals surface area contributed by atoms with E-state index in [-0.39, 0.29) is 11.8 Å². The third-order valence-corrected chi connectivity index (χ3v) is 7.09. The zero-order valence-corrected chi connectivity index (χ0v) is 19.5. The van der Waals surface area contributed by atoms with Gasteiger partial charge in [-0.25, -0.2) is 0 Å². The lowest BCUT2D eigenvalue weighted by molar-refractivity contribution is 0.251. The van der Waals surface area contributed by atoms with Crippen molar-refractivity contribution in [2.45, 2.75) is 15.7 Å². The highest BCUT2D eigenvalue weighted by Crippen LogP contribution is 2.43. The van der Waals surface area contributed by atoms with E-state index < -0.39 is 0 Å². The number of hydrogen-bond donors (Lipinski definition) is 1. The molecule has 31 heavy (non-hydrogen) atoms. The summed E-state index contributed by atoms with van der Waals surface area (Å²) in [6.07, 6.45) is 6.29. The first-order valence-electron chi connectivity index (χ1n) is 10.0. The topological polar surface area (TPSA) is 62.3 Å². The van der Waals surface area contributed by atoms with E-state index >= 15 is 0 Å². The zero-order valence-electron chi connectivity index (χ0n) is 17.9. The summed E-state index contributed by atoms with van der Waals surface area (Å²) in [4.78, 5) is 4.68. The quantitative estimate of drug-likeness (QED) is 0.648. The lowest BCUT2D eigenvalue weighted by Gasteiger charge is -2.37. The summed E-state index contributed by atoms with van der Waals surface area (Å²) in [5.41, 5.74) is 11.1. The Morgan fingerprint density at radius 2 is 1.65 bits per heavy atom. The van der Waals surface area contributed by atoms with Crippen molar-refractivity contribution in [2.75, 3.05) is 32.6 Å². The van der Waals surface area contributed by atoms with Crippen LogP contribution in [0, 0.1) is 11.3 Å². The van der Waals surface area contributed by atoms with Crippen LogP contribution >= 0.6 is 23.5 Å². The zero-order chi connectivity index (χ0) is 22.0. The van der Waals surface area contributed by atoms with E-state index in [1.54, 1.807) is 23.5 Å². The fourth-order valence-corrected chi connectivity index (χ4v) is 4.94. The van der Waals surface area contributed by atoms with Crippen LogP contribution in [0.25, 0.3) is 6.08 Å². The lowest BCUT2D eigenvalue weighted by Crippen LogP contribution is -2.35. The van der Waals surface area contributed by atoms with Gasteiger partial charge in [0.15, 0.2) is 0 Å². The number of nitrogens with zero attached hydrogens (tertiary/aromatic N) is 2. The first kappa shape index (κ1) is 21.6. The summed E-state index contributed by atoms with van der Waals surface area (Å²) >= 11 is 3.43. The van der Waals surface area contributed by atoms with Crippen LogP contribution in [-0.2, 0) is 4.74 Å². The average molecular weight is 448 g/mol. The van der Waals surface area contributed by atoms with Gasteiger partial charge in [-0.15, -0.1) is 23.5 Å². The highest BCUT2D eigenvalue weighted by molar-refractivity contribution is 7.98. The number of benzene rings is 2. The molecule has 6 heteroatoms. The molecule has 2 aliphatic heterocycles. The van der Waals surface area contributed by atoms with Crippen molar-refractivity contribution in [3.63, 3.8) is 0 Å². The average Bonchev–Trinajstić information content (AvgIpc) is 2.79. The van der Waals surface area contributed by atoms with Gasteiger partial charge in [0.25, 0.3) is 0 Å². The van der Waals surface area contributed by atoms with E-state index in [2.05, 4.69) is 85.1 Å². The molecule has 0 unspecified atom stereocenters. The Morgan fingerprint density at radius 1 is 1.03 bits per heavy atom. The third kappa shape index (κ3) is 4.40. The molecule has 0 saturated carbocycles. The van der Waals surface area contributed by atoms with Gasteiger partial charge in [0.2, 0.25) is 5.88 Å². The molecule has 0 fully saturated rings. The number of rotatable bonds is 4. The van der Waals surface area contributed by atoms with Gasteiger partial charge in [-0.1, -0.05) is 24.3 Å². The van der Waals surface area contributed by atoms with Crippen LogP contribution in [0.15, 0.2) is 86.7 Å². The summed E-state index contributed by atoms with van der Waals surface area (Å²) in [5.74, 6) is 0.811. The van der Waals surface area contributed by atoms with Crippen molar-refractivity contribution in [2.24, 2.45) is 5.73 Å². The molecule has 2 aromatic carbocycles. The molecule has 1 atom stereocenters. The van der Waals surface area contributed by atoms with Crippen molar-refractivity contribution >= 4 is 29.6 Å². The predicted molar refractivity (Wildman–Crippen MR) is 130 cm³/mol. The van der Waals surface area contributed by atoms with Gasteiger partial charge < -0.3 is 10.5 Å². The molecule has 0 amide bonds. The Kier molecular flexibility index (Phi) is 6.47. The molecular formula is C25H25N3OS2. The summed E-state index contributed by atoms with van der Waals surface area (Å²) in [6, 6.07) is 19.2. The second-order valence-corrected chi connectivity index (χ2v) is 9.43. The van der Waals surface area contributed by atoms with Crippen molar-refractivity contribution < 1.29 is 4.74 Å². The largest absolute Gasteiger partial charge is 0.440 e. The van der Waals surface area contributed by atoms with Crippen LogP contribution in [0.5, 0.6) is 0 Å². The molecular weight excluding hydrogens is 422 g/mol. The molecule has 2 aliphatic rings. The summed E-state index contributed by atoms with van der Waals surface area (Å²) in [5, 5.41) is 9.88. The Morgan fingerprint density at radius 3 is 2.23 bits per heavy atom. The number of nitrogens with two attached hydrogens (primary N) is 1. The molecule has 0 radical (unpaired) electrons. The molecule has 0 aliphatic carbocycles. The highest BCUT2D eigenvalue weighted by atomic mass is 32.2. The summed E-state index contributed by atoms with van der Waals surface area (Å²) in [7, 11) is 2.09. The molecule has 2 aromatic rings. The van der Waals surface area contributed by atoms with E-state index in [0.29, 0.717) is 5.57 Å². The number of likely N-dealkylation sites (N-methyl/N-ethyl adjacent to an activating group) is 1. The number of allylic oxidation sites excluding steroid dienone is 1. The molecule has 4 nitrogen and oxygen atoms in total. The SMILES string of the molecule is CSc1ccc(/C=C2/CN(C)CC3=C2OC(N)=C(C#N)[C@@H]3c2ccc(SC)cc2)cc1. The van der Waals surface area contributed by atoms with Gasteiger partial charge in [-0.2, -0.15) is 5.26 Å². The molecule has 0 spiro atoms. The Labute approximate surface area is 192 Å². The molecule has 4 rings (SSSR count). The van der Waals surface area contributed by atoms with E-state index in [4.69, 9.17) is 10.5 Å². The maximum absolute atomic E-state index is 9.88. The van der Waals surface area contributed by atoms with Gasteiger partial charge in [-0.3, -0.25) is 4.90 Å². The second-order valence-electron chi connectivity index (χ2n) is 7.67. The Balaban J connectivity index is 1.81. The first-order valence-corrected chi connectivity index (χ1v) is 12.5. The van der Waals surface area contributed by atoms with E-state index in [9.17, 15) is 5.26 Å². The minimum absolute atomic E-state index is 0.199. The lowest BCUT2D eigenvalue weighted by atomic mass is 9.80. The van der Waals surface area contributed by atoms with Crippen LogP contribution in [0.2, 0.25) is 0 Å². The third-order valence-electron chi connectivity index (χ3n) is 5.60. The smallest absolute Gasteiger partial charge is 0.205 e. The van der Waals surface area contributed by atoms with Gasteiger partial charge in [0, 0.05) is 28.5 Å². The van der Waals surface area contributed by atoms with Crippen LogP contribution in [0.4, 0.5) is 0 Å². The Bertz CT molecular complexity index is 1110. The van der Waals surface area contributed by atoms with Crippen LogP contribution in [-0.4, -0.2) is 37.5 Å². The van der Waals surface area contributed by atoms with Crippen molar-refractivity contribution in [3.05, 3.63) is 88.0 Å².